The first-order chi connectivity index (χ1) is 9.20. The Hall–Kier alpha value is -1.39. The SMILES string of the molecule is CN(CCc1ccccn1)c1ccc(CN)cc1Br. The highest BCUT2D eigenvalue weighted by atomic mass is 79.9. The highest BCUT2D eigenvalue weighted by Gasteiger charge is 2.06. The van der Waals surface area contributed by atoms with E-state index in [0.29, 0.717) is 6.54 Å². The highest BCUT2D eigenvalue weighted by molar-refractivity contribution is 9.10. The van der Waals surface area contributed by atoms with Gasteiger partial charge in [0.15, 0.2) is 0 Å². The van der Waals surface area contributed by atoms with Crippen LogP contribution in [0.5, 0.6) is 0 Å². The van der Waals surface area contributed by atoms with Crippen molar-refractivity contribution in [2.75, 3.05) is 18.5 Å². The Balaban J connectivity index is 2.02. The molecule has 0 aliphatic rings. The molecule has 4 heteroatoms. The molecular weight excluding hydrogens is 302 g/mol. The van der Waals surface area contributed by atoms with Crippen LogP contribution in [0.1, 0.15) is 11.3 Å². The molecule has 1 aromatic heterocycles. The average molecular weight is 320 g/mol. The summed E-state index contributed by atoms with van der Waals surface area (Å²) in [7, 11) is 2.09. The van der Waals surface area contributed by atoms with Gasteiger partial charge in [0, 0.05) is 42.9 Å². The number of hydrogen-bond acceptors (Lipinski definition) is 3. The molecule has 0 saturated heterocycles. The maximum Gasteiger partial charge on any atom is 0.0508 e. The summed E-state index contributed by atoms with van der Waals surface area (Å²) in [5.74, 6) is 0. The van der Waals surface area contributed by atoms with E-state index >= 15 is 0 Å². The Bertz CT molecular complexity index is 528. The predicted octanol–water partition coefficient (Wildman–Crippen LogP) is 2.98. The van der Waals surface area contributed by atoms with Crippen molar-refractivity contribution in [1.29, 1.82) is 0 Å². The molecule has 2 rings (SSSR count). The monoisotopic (exact) mass is 319 g/mol. The van der Waals surface area contributed by atoms with Gasteiger partial charge in [-0.3, -0.25) is 4.98 Å². The molecule has 0 unspecified atom stereocenters. The number of pyridine rings is 1. The predicted molar refractivity (Wildman–Crippen MR) is 83.2 cm³/mol. The fourth-order valence-electron chi connectivity index (χ4n) is 1.94. The Labute approximate surface area is 122 Å². The first-order valence-corrected chi connectivity index (χ1v) is 7.09. The molecule has 0 amide bonds. The van der Waals surface area contributed by atoms with Crippen LogP contribution in [0.25, 0.3) is 0 Å². The van der Waals surface area contributed by atoms with E-state index in [1.54, 1.807) is 0 Å². The Morgan fingerprint density at radius 1 is 1.26 bits per heavy atom. The third-order valence-electron chi connectivity index (χ3n) is 3.09. The van der Waals surface area contributed by atoms with E-state index in [9.17, 15) is 0 Å². The van der Waals surface area contributed by atoms with E-state index in [1.165, 1.54) is 5.69 Å². The Kier molecular flexibility index (Phi) is 4.93. The molecule has 0 saturated carbocycles. The fourth-order valence-corrected chi connectivity index (χ4v) is 2.66. The summed E-state index contributed by atoms with van der Waals surface area (Å²) in [5.41, 5.74) is 9.06. The van der Waals surface area contributed by atoms with Gasteiger partial charge in [0.2, 0.25) is 0 Å². The maximum atomic E-state index is 5.64. The van der Waals surface area contributed by atoms with E-state index in [-0.39, 0.29) is 0 Å². The number of likely N-dealkylation sites (N-methyl/N-ethyl adjacent to an activating group) is 1. The molecule has 0 aliphatic heterocycles. The number of rotatable bonds is 5. The number of aromatic nitrogens is 1. The normalized spacial score (nSPS) is 10.5. The van der Waals surface area contributed by atoms with Crippen LogP contribution in [0.4, 0.5) is 5.69 Å². The van der Waals surface area contributed by atoms with Crippen molar-refractivity contribution in [1.82, 2.24) is 4.98 Å². The van der Waals surface area contributed by atoms with Gasteiger partial charge in [0.1, 0.15) is 0 Å². The number of hydrogen-bond donors (Lipinski definition) is 1. The van der Waals surface area contributed by atoms with E-state index in [1.807, 2.05) is 18.3 Å². The molecule has 1 aromatic carbocycles. The second-order valence-electron chi connectivity index (χ2n) is 4.48. The van der Waals surface area contributed by atoms with Crippen LogP contribution in [0, 0.1) is 0 Å². The van der Waals surface area contributed by atoms with Crippen LogP contribution >= 0.6 is 15.9 Å². The van der Waals surface area contributed by atoms with Gasteiger partial charge >= 0.3 is 0 Å². The van der Waals surface area contributed by atoms with Gasteiger partial charge in [-0.25, -0.2) is 0 Å². The minimum Gasteiger partial charge on any atom is -0.373 e. The molecule has 0 fully saturated rings. The second kappa shape index (κ2) is 6.68. The lowest BCUT2D eigenvalue weighted by molar-refractivity contribution is 0.850. The summed E-state index contributed by atoms with van der Waals surface area (Å²) in [6, 6.07) is 12.3. The van der Waals surface area contributed by atoms with Gasteiger partial charge in [-0.15, -0.1) is 0 Å². The summed E-state index contributed by atoms with van der Waals surface area (Å²) < 4.78 is 1.08. The topological polar surface area (TPSA) is 42.2 Å². The lowest BCUT2D eigenvalue weighted by atomic mass is 10.2. The van der Waals surface area contributed by atoms with Crippen molar-refractivity contribution in [3.8, 4) is 0 Å². The molecular formula is C15H18BrN3. The zero-order valence-electron chi connectivity index (χ0n) is 11.0. The van der Waals surface area contributed by atoms with Gasteiger partial charge in [0.25, 0.3) is 0 Å². The molecule has 0 bridgehead atoms. The van der Waals surface area contributed by atoms with Crippen molar-refractivity contribution >= 4 is 21.6 Å². The van der Waals surface area contributed by atoms with Crippen molar-refractivity contribution in [3.05, 3.63) is 58.3 Å². The minimum absolute atomic E-state index is 0.566. The largest absolute Gasteiger partial charge is 0.373 e. The number of anilines is 1. The zero-order valence-corrected chi connectivity index (χ0v) is 12.6. The van der Waals surface area contributed by atoms with Crippen molar-refractivity contribution in [3.63, 3.8) is 0 Å². The van der Waals surface area contributed by atoms with Crippen LogP contribution in [-0.4, -0.2) is 18.6 Å². The molecule has 19 heavy (non-hydrogen) atoms. The van der Waals surface area contributed by atoms with Crippen molar-refractivity contribution in [2.24, 2.45) is 5.73 Å². The first-order valence-electron chi connectivity index (χ1n) is 6.30. The van der Waals surface area contributed by atoms with Gasteiger partial charge < -0.3 is 10.6 Å². The molecule has 1 heterocycles. The third-order valence-corrected chi connectivity index (χ3v) is 3.72. The van der Waals surface area contributed by atoms with E-state index in [0.717, 1.165) is 28.7 Å². The number of nitrogens with zero attached hydrogens (tertiary/aromatic N) is 2. The molecule has 0 aliphatic carbocycles. The number of nitrogens with two attached hydrogens (primary N) is 1. The molecule has 100 valence electrons. The zero-order chi connectivity index (χ0) is 13.7. The summed E-state index contributed by atoms with van der Waals surface area (Å²) in [6.45, 7) is 1.49. The van der Waals surface area contributed by atoms with Gasteiger partial charge in [-0.05, 0) is 45.8 Å². The summed E-state index contributed by atoms with van der Waals surface area (Å²) in [6.07, 6.45) is 2.77. The Morgan fingerprint density at radius 2 is 2.11 bits per heavy atom. The quantitative estimate of drug-likeness (QED) is 0.921. The van der Waals surface area contributed by atoms with Crippen LogP contribution in [0.3, 0.4) is 0 Å². The number of benzene rings is 1. The highest BCUT2D eigenvalue weighted by Crippen LogP contribution is 2.26. The molecule has 0 atom stereocenters. The standard InChI is InChI=1S/C15H18BrN3/c1-19(9-7-13-4-2-3-8-18-13)15-6-5-12(11-17)10-14(15)16/h2-6,8,10H,7,9,11,17H2,1H3. The molecule has 2 N–H and O–H groups in total. The first kappa shape index (κ1) is 14.0. The maximum absolute atomic E-state index is 5.64. The third kappa shape index (κ3) is 3.78. The van der Waals surface area contributed by atoms with Crippen LogP contribution < -0.4 is 10.6 Å². The lowest BCUT2D eigenvalue weighted by Gasteiger charge is -2.21. The summed E-state index contributed by atoms with van der Waals surface area (Å²) >= 11 is 3.60. The molecule has 3 nitrogen and oxygen atoms in total. The summed E-state index contributed by atoms with van der Waals surface area (Å²) in [5, 5.41) is 0. The lowest BCUT2D eigenvalue weighted by Crippen LogP contribution is -2.21. The van der Waals surface area contributed by atoms with Crippen molar-refractivity contribution < 1.29 is 0 Å². The molecule has 0 spiro atoms. The number of halogens is 1. The molecule has 0 radical (unpaired) electrons. The van der Waals surface area contributed by atoms with Gasteiger partial charge in [0.05, 0.1) is 5.69 Å². The summed E-state index contributed by atoms with van der Waals surface area (Å²) in [4.78, 5) is 6.56. The van der Waals surface area contributed by atoms with E-state index in [4.69, 9.17) is 5.73 Å². The average Bonchev–Trinajstić information content (AvgIpc) is 2.45. The van der Waals surface area contributed by atoms with E-state index in [2.05, 4.69) is 57.1 Å². The smallest absolute Gasteiger partial charge is 0.0508 e. The Morgan fingerprint density at radius 3 is 2.74 bits per heavy atom. The van der Waals surface area contributed by atoms with Gasteiger partial charge in [-0.2, -0.15) is 0 Å². The van der Waals surface area contributed by atoms with E-state index < -0.39 is 0 Å². The van der Waals surface area contributed by atoms with Crippen LogP contribution in [0.15, 0.2) is 47.1 Å². The second-order valence-corrected chi connectivity index (χ2v) is 5.34. The van der Waals surface area contributed by atoms with Gasteiger partial charge in [-0.1, -0.05) is 12.1 Å². The minimum atomic E-state index is 0.566. The molecule has 2 aromatic rings. The van der Waals surface area contributed by atoms with Crippen LogP contribution in [0.2, 0.25) is 0 Å². The fraction of sp³-hybridized carbons (Fsp3) is 0.267. The van der Waals surface area contributed by atoms with Crippen LogP contribution in [-0.2, 0) is 13.0 Å². The van der Waals surface area contributed by atoms with Crippen molar-refractivity contribution in [2.45, 2.75) is 13.0 Å².